The van der Waals surface area contributed by atoms with E-state index in [1.165, 1.54) is 6.42 Å². The van der Waals surface area contributed by atoms with Crippen molar-refractivity contribution in [3.05, 3.63) is 0 Å². The van der Waals surface area contributed by atoms with Crippen molar-refractivity contribution in [2.45, 2.75) is 38.3 Å². The van der Waals surface area contributed by atoms with E-state index in [4.69, 9.17) is 5.73 Å². The summed E-state index contributed by atoms with van der Waals surface area (Å²) < 4.78 is 0. The molecule has 0 radical (unpaired) electrons. The van der Waals surface area contributed by atoms with Gasteiger partial charge in [0.1, 0.15) is 0 Å². The summed E-state index contributed by atoms with van der Waals surface area (Å²) in [5, 5.41) is 9.66. The molecule has 2 heteroatoms. The van der Waals surface area contributed by atoms with Crippen LogP contribution in [0.4, 0.5) is 0 Å². The van der Waals surface area contributed by atoms with Crippen molar-refractivity contribution in [2.75, 3.05) is 0 Å². The fourth-order valence-electron chi connectivity index (χ4n) is 2.46. The largest absolute Gasteiger partial charge is 0.391 e. The molecule has 0 aromatic heterocycles. The van der Waals surface area contributed by atoms with Gasteiger partial charge in [0.2, 0.25) is 0 Å². The van der Waals surface area contributed by atoms with Crippen molar-refractivity contribution < 1.29 is 5.11 Å². The van der Waals surface area contributed by atoms with Crippen LogP contribution in [0.1, 0.15) is 26.2 Å². The number of nitrogens with two attached hydrogens (primary N) is 1. The van der Waals surface area contributed by atoms with E-state index >= 15 is 0 Å². The Morgan fingerprint density at radius 2 is 1.91 bits per heavy atom. The molecule has 0 spiro atoms. The van der Waals surface area contributed by atoms with Gasteiger partial charge in [0.25, 0.3) is 0 Å². The minimum Gasteiger partial charge on any atom is -0.391 e. The first-order valence-electron chi connectivity index (χ1n) is 4.64. The zero-order valence-corrected chi connectivity index (χ0v) is 7.03. The van der Waals surface area contributed by atoms with Gasteiger partial charge in [-0.1, -0.05) is 6.92 Å². The maximum atomic E-state index is 9.66. The average molecular weight is 155 g/mol. The molecule has 0 amide bonds. The number of hydrogen-bond donors (Lipinski definition) is 2. The molecule has 2 aliphatic carbocycles. The van der Waals surface area contributed by atoms with Crippen LogP contribution in [0.3, 0.4) is 0 Å². The van der Waals surface area contributed by atoms with Crippen LogP contribution < -0.4 is 5.73 Å². The Kier molecular flexibility index (Phi) is 1.69. The Labute approximate surface area is 67.8 Å². The number of hydrogen-bond acceptors (Lipinski definition) is 2. The van der Waals surface area contributed by atoms with E-state index in [2.05, 4.69) is 6.92 Å². The Morgan fingerprint density at radius 3 is 2.27 bits per heavy atom. The van der Waals surface area contributed by atoms with Gasteiger partial charge >= 0.3 is 0 Å². The van der Waals surface area contributed by atoms with Gasteiger partial charge in [-0.05, 0) is 37.0 Å². The van der Waals surface area contributed by atoms with E-state index in [-0.39, 0.29) is 12.1 Å². The Morgan fingerprint density at radius 1 is 1.27 bits per heavy atom. The molecular weight excluding hydrogens is 138 g/mol. The zero-order valence-electron chi connectivity index (χ0n) is 7.03. The highest BCUT2D eigenvalue weighted by Crippen LogP contribution is 2.49. The Balaban J connectivity index is 1.95. The second kappa shape index (κ2) is 2.46. The van der Waals surface area contributed by atoms with E-state index in [0.29, 0.717) is 5.92 Å². The molecule has 3 N–H and O–H groups in total. The normalized spacial score (nSPS) is 56.5. The van der Waals surface area contributed by atoms with Gasteiger partial charge in [-0.15, -0.1) is 0 Å². The van der Waals surface area contributed by atoms with E-state index in [9.17, 15) is 5.11 Å². The van der Waals surface area contributed by atoms with Gasteiger partial charge in [-0.25, -0.2) is 0 Å². The third-order valence-corrected chi connectivity index (χ3v) is 3.43. The maximum Gasteiger partial charge on any atom is 0.0721 e. The van der Waals surface area contributed by atoms with Crippen LogP contribution in [-0.2, 0) is 0 Å². The molecule has 0 saturated heterocycles. The summed E-state index contributed by atoms with van der Waals surface area (Å²) in [6, 6.07) is 0.0628. The number of rotatable bonds is 1. The van der Waals surface area contributed by atoms with Crippen molar-refractivity contribution in [1.82, 2.24) is 0 Å². The summed E-state index contributed by atoms with van der Waals surface area (Å²) in [7, 11) is 0. The minimum atomic E-state index is -0.204. The first-order valence-corrected chi connectivity index (χ1v) is 4.64. The molecule has 2 nitrogen and oxygen atoms in total. The number of aliphatic hydroxyl groups is 1. The fourth-order valence-corrected chi connectivity index (χ4v) is 2.46. The molecule has 0 bridgehead atoms. The van der Waals surface area contributed by atoms with E-state index in [1.54, 1.807) is 0 Å². The Bertz CT molecular complexity index is 160. The lowest BCUT2D eigenvalue weighted by Gasteiger charge is -2.16. The molecule has 2 saturated carbocycles. The molecule has 11 heavy (non-hydrogen) atoms. The molecule has 64 valence electrons. The summed E-state index contributed by atoms with van der Waals surface area (Å²) in [4.78, 5) is 0. The van der Waals surface area contributed by atoms with Gasteiger partial charge in [0.05, 0.1) is 6.10 Å². The molecule has 2 aliphatic rings. The van der Waals surface area contributed by atoms with Gasteiger partial charge in [0, 0.05) is 6.04 Å². The smallest absolute Gasteiger partial charge is 0.0721 e. The van der Waals surface area contributed by atoms with Gasteiger partial charge in [-0.2, -0.15) is 0 Å². The molecule has 0 aromatic rings. The SMILES string of the molecule is CC1CC1C1CC[C@H](N)[C@H]1O. The molecule has 5 atom stereocenters. The quantitative estimate of drug-likeness (QED) is 0.586. The van der Waals surface area contributed by atoms with Crippen molar-refractivity contribution in [2.24, 2.45) is 23.5 Å². The van der Waals surface area contributed by atoms with E-state index in [0.717, 1.165) is 24.7 Å². The number of aliphatic hydroxyl groups excluding tert-OH is 1. The van der Waals surface area contributed by atoms with Crippen molar-refractivity contribution in [1.29, 1.82) is 0 Å². The summed E-state index contributed by atoms with van der Waals surface area (Å²) in [5.41, 5.74) is 5.73. The highest BCUT2D eigenvalue weighted by molar-refractivity contribution is 4.98. The minimum absolute atomic E-state index is 0.0628. The average Bonchev–Trinajstić information content (AvgIpc) is 2.58. The molecule has 0 aromatic carbocycles. The van der Waals surface area contributed by atoms with Crippen LogP contribution in [0.25, 0.3) is 0 Å². The predicted octanol–water partition coefficient (Wildman–Crippen LogP) is 0.741. The summed E-state index contributed by atoms with van der Waals surface area (Å²) in [6.45, 7) is 2.27. The summed E-state index contributed by atoms with van der Waals surface area (Å²) in [5.74, 6) is 2.17. The molecule has 0 aliphatic heterocycles. The molecule has 0 heterocycles. The van der Waals surface area contributed by atoms with Crippen LogP contribution >= 0.6 is 0 Å². The van der Waals surface area contributed by atoms with E-state index in [1.807, 2.05) is 0 Å². The second-order valence-corrected chi connectivity index (χ2v) is 4.27. The van der Waals surface area contributed by atoms with Gasteiger partial charge in [0.15, 0.2) is 0 Å². The Hall–Kier alpha value is -0.0800. The monoisotopic (exact) mass is 155 g/mol. The second-order valence-electron chi connectivity index (χ2n) is 4.27. The summed E-state index contributed by atoms with van der Waals surface area (Å²) >= 11 is 0. The predicted molar refractivity (Wildman–Crippen MR) is 44.0 cm³/mol. The maximum absolute atomic E-state index is 9.66. The van der Waals surface area contributed by atoms with Crippen molar-refractivity contribution in [3.63, 3.8) is 0 Å². The van der Waals surface area contributed by atoms with Crippen LogP contribution in [-0.4, -0.2) is 17.3 Å². The highest BCUT2D eigenvalue weighted by atomic mass is 16.3. The molecular formula is C9H17NO. The lowest BCUT2D eigenvalue weighted by molar-refractivity contribution is 0.105. The lowest BCUT2D eigenvalue weighted by Crippen LogP contribution is -2.33. The highest BCUT2D eigenvalue weighted by Gasteiger charge is 2.46. The first-order chi connectivity index (χ1) is 5.20. The van der Waals surface area contributed by atoms with Gasteiger partial charge < -0.3 is 10.8 Å². The van der Waals surface area contributed by atoms with Crippen LogP contribution in [0.2, 0.25) is 0 Å². The van der Waals surface area contributed by atoms with Gasteiger partial charge in [-0.3, -0.25) is 0 Å². The third-order valence-electron chi connectivity index (χ3n) is 3.43. The van der Waals surface area contributed by atoms with Crippen LogP contribution in [0, 0.1) is 17.8 Å². The first kappa shape index (κ1) is 7.56. The summed E-state index contributed by atoms with van der Waals surface area (Å²) in [6.07, 6.45) is 3.28. The standard InChI is InChI=1S/C9H17NO/c1-5-4-7(5)6-2-3-8(10)9(6)11/h5-9,11H,2-4,10H2,1H3/t5?,6?,7?,8-,9-/m0/s1. The van der Waals surface area contributed by atoms with Crippen molar-refractivity contribution >= 4 is 0 Å². The molecule has 2 rings (SSSR count). The topological polar surface area (TPSA) is 46.2 Å². The zero-order chi connectivity index (χ0) is 8.01. The fraction of sp³-hybridized carbons (Fsp3) is 1.00. The van der Waals surface area contributed by atoms with Crippen LogP contribution in [0.5, 0.6) is 0 Å². The lowest BCUT2D eigenvalue weighted by atomic mass is 9.98. The molecule has 3 unspecified atom stereocenters. The molecule has 2 fully saturated rings. The van der Waals surface area contributed by atoms with Crippen molar-refractivity contribution in [3.8, 4) is 0 Å². The van der Waals surface area contributed by atoms with E-state index < -0.39 is 0 Å². The third kappa shape index (κ3) is 1.18. The van der Waals surface area contributed by atoms with Crippen LogP contribution in [0.15, 0.2) is 0 Å².